The Balaban J connectivity index is 1.37. The van der Waals surface area contributed by atoms with Crippen molar-refractivity contribution in [2.45, 2.75) is 58.2 Å². The Morgan fingerprint density at radius 3 is 2.33 bits per heavy atom. The molecule has 2 atom stereocenters. The Bertz CT molecular complexity index is 1570. The van der Waals surface area contributed by atoms with Crippen molar-refractivity contribution in [2.75, 3.05) is 11.4 Å². The third-order valence-electron chi connectivity index (χ3n) is 7.96. The Morgan fingerprint density at radius 1 is 0.905 bits per heavy atom. The molecule has 0 aromatic heterocycles. The molecule has 1 aliphatic rings. The van der Waals surface area contributed by atoms with E-state index in [1.807, 2.05) is 80.6 Å². The summed E-state index contributed by atoms with van der Waals surface area (Å²) in [7, 11) is 0. The fourth-order valence-corrected chi connectivity index (χ4v) is 5.51. The molecular formula is C35H36FN3O3. The molecule has 3 amide bonds. The highest BCUT2D eigenvalue weighted by molar-refractivity contribution is 6.25. The molecule has 1 N–H and O–H groups in total. The predicted molar refractivity (Wildman–Crippen MR) is 164 cm³/mol. The van der Waals surface area contributed by atoms with E-state index in [2.05, 4.69) is 5.32 Å². The molecule has 42 heavy (non-hydrogen) atoms. The van der Waals surface area contributed by atoms with Crippen molar-refractivity contribution in [3.05, 3.63) is 114 Å². The van der Waals surface area contributed by atoms with Gasteiger partial charge in [0, 0.05) is 42.9 Å². The first-order chi connectivity index (χ1) is 20.4. The van der Waals surface area contributed by atoms with Crippen molar-refractivity contribution in [2.24, 2.45) is 0 Å². The lowest BCUT2D eigenvalue weighted by Crippen LogP contribution is -2.52. The highest BCUT2D eigenvalue weighted by Gasteiger charge is 2.32. The highest BCUT2D eigenvalue weighted by atomic mass is 19.1. The summed E-state index contributed by atoms with van der Waals surface area (Å²) in [5.74, 6) is -0.840. The van der Waals surface area contributed by atoms with Crippen LogP contribution in [0, 0.1) is 5.82 Å². The molecule has 216 valence electrons. The number of nitrogens with zero attached hydrogens (tertiary/aromatic N) is 2. The Kier molecular flexibility index (Phi) is 8.96. The van der Waals surface area contributed by atoms with Crippen LogP contribution in [0.3, 0.4) is 0 Å². The maximum Gasteiger partial charge on any atom is 0.258 e. The molecule has 4 aromatic rings. The smallest absolute Gasteiger partial charge is 0.258 e. The summed E-state index contributed by atoms with van der Waals surface area (Å²) in [6.07, 6.45) is 1.69. The van der Waals surface area contributed by atoms with Crippen LogP contribution in [0.25, 0.3) is 10.8 Å². The zero-order valence-corrected chi connectivity index (χ0v) is 24.1. The lowest BCUT2D eigenvalue weighted by molar-refractivity contribution is -0.141. The number of hydrogen-bond acceptors (Lipinski definition) is 3. The van der Waals surface area contributed by atoms with Crippen LogP contribution in [-0.2, 0) is 22.6 Å². The summed E-state index contributed by atoms with van der Waals surface area (Å²) in [6.45, 7) is 4.48. The number of nitrogens with one attached hydrogen (secondary N) is 1. The first kappa shape index (κ1) is 29.0. The van der Waals surface area contributed by atoms with Crippen LogP contribution < -0.4 is 10.2 Å². The van der Waals surface area contributed by atoms with Crippen molar-refractivity contribution in [3.63, 3.8) is 0 Å². The molecular weight excluding hydrogens is 529 g/mol. The summed E-state index contributed by atoms with van der Waals surface area (Å²) in [6, 6.07) is 26.4. The number of hydrogen-bond donors (Lipinski definition) is 1. The SMILES string of the molecule is CC[C@@H](C)NC(=O)[C@H](Cc1ccccc1)N(Cc1ccc(F)cc1)C(=O)CCCN1C(=O)c2cccc3cccc1c23. The molecule has 7 heteroatoms. The van der Waals surface area contributed by atoms with E-state index in [1.165, 1.54) is 12.1 Å². The zero-order valence-electron chi connectivity index (χ0n) is 24.1. The van der Waals surface area contributed by atoms with Crippen molar-refractivity contribution in [3.8, 4) is 0 Å². The van der Waals surface area contributed by atoms with Crippen LogP contribution in [0.2, 0.25) is 0 Å². The average Bonchev–Trinajstić information content (AvgIpc) is 3.28. The summed E-state index contributed by atoms with van der Waals surface area (Å²) >= 11 is 0. The van der Waals surface area contributed by atoms with E-state index in [0.717, 1.165) is 34.0 Å². The van der Waals surface area contributed by atoms with Gasteiger partial charge in [0.05, 0.1) is 5.69 Å². The van der Waals surface area contributed by atoms with Gasteiger partial charge in [0.1, 0.15) is 11.9 Å². The largest absolute Gasteiger partial charge is 0.352 e. The lowest BCUT2D eigenvalue weighted by Gasteiger charge is -2.32. The molecule has 5 rings (SSSR count). The number of anilines is 1. The highest BCUT2D eigenvalue weighted by Crippen LogP contribution is 2.37. The molecule has 1 heterocycles. The summed E-state index contributed by atoms with van der Waals surface area (Å²) in [4.78, 5) is 44.2. The number of carbonyl (C=O) groups is 3. The molecule has 0 saturated heterocycles. The molecule has 0 unspecified atom stereocenters. The maximum atomic E-state index is 13.9. The van der Waals surface area contributed by atoms with Gasteiger partial charge >= 0.3 is 0 Å². The van der Waals surface area contributed by atoms with Crippen molar-refractivity contribution < 1.29 is 18.8 Å². The van der Waals surface area contributed by atoms with Crippen LogP contribution in [-0.4, -0.2) is 41.2 Å². The van der Waals surface area contributed by atoms with E-state index in [0.29, 0.717) is 24.9 Å². The van der Waals surface area contributed by atoms with Crippen molar-refractivity contribution >= 4 is 34.2 Å². The first-order valence-electron chi connectivity index (χ1n) is 14.6. The van der Waals surface area contributed by atoms with E-state index in [-0.39, 0.29) is 42.5 Å². The maximum absolute atomic E-state index is 13.9. The second-order valence-corrected chi connectivity index (χ2v) is 10.9. The summed E-state index contributed by atoms with van der Waals surface area (Å²) in [5.41, 5.74) is 3.21. The Labute approximate surface area is 246 Å². The predicted octanol–water partition coefficient (Wildman–Crippen LogP) is 6.27. The monoisotopic (exact) mass is 565 g/mol. The van der Waals surface area contributed by atoms with Crippen LogP contribution in [0.4, 0.5) is 10.1 Å². The molecule has 0 aliphatic carbocycles. The van der Waals surface area contributed by atoms with Gasteiger partial charge in [0.15, 0.2) is 0 Å². The number of benzene rings is 4. The average molecular weight is 566 g/mol. The quantitative estimate of drug-likeness (QED) is 0.220. The minimum absolute atomic E-state index is 0.0518. The zero-order chi connectivity index (χ0) is 29.6. The number of carbonyl (C=O) groups excluding carboxylic acids is 3. The molecule has 6 nitrogen and oxygen atoms in total. The van der Waals surface area contributed by atoms with E-state index in [4.69, 9.17) is 0 Å². The number of halogens is 1. The molecule has 0 saturated carbocycles. The van der Waals surface area contributed by atoms with Gasteiger partial charge < -0.3 is 15.1 Å². The van der Waals surface area contributed by atoms with E-state index >= 15 is 0 Å². The molecule has 0 bridgehead atoms. The van der Waals surface area contributed by atoms with Crippen molar-refractivity contribution in [1.82, 2.24) is 10.2 Å². The number of amides is 3. The van der Waals surface area contributed by atoms with E-state index in [1.54, 1.807) is 21.9 Å². The van der Waals surface area contributed by atoms with Crippen LogP contribution in [0.15, 0.2) is 91.0 Å². The second-order valence-electron chi connectivity index (χ2n) is 10.9. The van der Waals surface area contributed by atoms with E-state index in [9.17, 15) is 18.8 Å². The molecule has 0 fully saturated rings. The Morgan fingerprint density at radius 2 is 1.62 bits per heavy atom. The Hall–Kier alpha value is -4.52. The summed E-state index contributed by atoms with van der Waals surface area (Å²) in [5, 5.41) is 5.02. The van der Waals surface area contributed by atoms with Gasteiger partial charge in [-0.25, -0.2) is 4.39 Å². The third kappa shape index (κ3) is 6.35. The van der Waals surface area contributed by atoms with Gasteiger partial charge in [-0.3, -0.25) is 14.4 Å². The molecule has 0 radical (unpaired) electrons. The fraction of sp³-hybridized carbons (Fsp3) is 0.286. The normalized spacial score (nSPS) is 13.7. The number of rotatable bonds is 12. The van der Waals surface area contributed by atoms with E-state index < -0.39 is 6.04 Å². The first-order valence-corrected chi connectivity index (χ1v) is 14.6. The standard InChI is InChI=1S/C35H36FN3O3/c1-3-24(2)37-34(41)31(22-25-10-5-4-6-11-25)39(23-26-17-19-28(36)20-18-26)32(40)16-9-21-38-30-15-8-13-27-12-7-14-29(33(27)30)35(38)42/h4-8,10-15,17-20,24,31H,3,9,16,21-23H2,1-2H3,(H,37,41)/t24-,31+/m1/s1. The molecule has 1 aliphatic heterocycles. The minimum Gasteiger partial charge on any atom is -0.352 e. The van der Waals surface area contributed by atoms with Gasteiger partial charge in [-0.1, -0.05) is 73.7 Å². The summed E-state index contributed by atoms with van der Waals surface area (Å²) < 4.78 is 13.7. The molecule has 4 aromatic carbocycles. The second kappa shape index (κ2) is 13.0. The van der Waals surface area contributed by atoms with Gasteiger partial charge in [-0.15, -0.1) is 0 Å². The van der Waals surface area contributed by atoms with Crippen LogP contribution in [0.5, 0.6) is 0 Å². The molecule has 0 spiro atoms. The topological polar surface area (TPSA) is 69.7 Å². The van der Waals surface area contributed by atoms with Crippen LogP contribution in [0.1, 0.15) is 54.6 Å². The van der Waals surface area contributed by atoms with Gasteiger partial charge in [0.2, 0.25) is 11.8 Å². The fourth-order valence-electron chi connectivity index (χ4n) is 5.51. The third-order valence-corrected chi connectivity index (χ3v) is 7.96. The van der Waals surface area contributed by atoms with Gasteiger partial charge in [-0.2, -0.15) is 0 Å². The minimum atomic E-state index is -0.759. The van der Waals surface area contributed by atoms with Crippen LogP contribution >= 0.6 is 0 Å². The lowest BCUT2D eigenvalue weighted by atomic mass is 10.0. The van der Waals surface area contributed by atoms with Gasteiger partial charge in [-0.05, 0) is 60.5 Å². The van der Waals surface area contributed by atoms with Gasteiger partial charge in [0.25, 0.3) is 5.91 Å². The van der Waals surface area contributed by atoms with Crippen molar-refractivity contribution in [1.29, 1.82) is 0 Å².